The highest BCUT2D eigenvalue weighted by atomic mass is 15.2. The molecule has 0 aromatic heterocycles. The Hall–Kier alpha value is -1.53. The standard InChI is InChI=1S/C10H11N3/c11-5-8-2-1-3-10(4-8)13-6-9(12)7-13/h1-4,9H,6-7,12H2. The minimum absolute atomic E-state index is 0.297. The first-order valence-electron chi connectivity index (χ1n) is 4.30. The van der Waals surface area contributed by atoms with Gasteiger partial charge < -0.3 is 10.6 Å². The molecule has 1 aliphatic heterocycles. The molecule has 3 nitrogen and oxygen atoms in total. The van der Waals surface area contributed by atoms with E-state index in [1.165, 1.54) is 0 Å². The zero-order valence-corrected chi connectivity index (χ0v) is 7.27. The predicted molar refractivity (Wildman–Crippen MR) is 51.3 cm³/mol. The van der Waals surface area contributed by atoms with Crippen LogP contribution in [0.15, 0.2) is 24.3 Å². The fourth-order valence-electron chi connectivity index (χ4n) is 1.50. The van der Waals surface area contributed by atoms with E-state index in [4.69, 9.17) is 11.0 Å². The lowest BCUT2D eigenvalue weighted by Gasteiger charge is -2.38. The second-order valence-corrected chi connectivity index (χ2v) is 3.33. The van der Waals surface area contributed by atoms with Gasteiger partial charge in [-0.25, -0.2) is 0 Å². The van der Waals surface area contributed by atoms with E-state index in [-0.39, 0.29) is 0 Å². The molecule has 13 heavy (non-hydrogen) atoms. The summed E-state index contributed by atoms with van der Waals surface area (Å²) >= 11 is 0. The third-order valence-electron chi connectivity index (χ3n) is 2.25. The Morgan fingerprint density at radius 1 is 1.46 bits per heavy atom. The van der Waals surface area contributed by atoms with Gasteiger partial charge in [0.25, 0.3) is 0 Å². The molecule has 1 heterocycles. The van der Waals surface area contributed by atoms with Crippen molar-refractivity contribution in [1.29, 1.82) is 5.26 Å². The Morgan fingerprint density at radius 3 is 2.85 bits per heavy atom. The van der Waals surface area contributed by atoms with Crippen molar-refractivity contribution in [3.05, 3.63) is 29.8 Å². The summed E-state index contributed by atoms with van der Waals surface area (Å²) in [5.74, 6) is 0. The molecule has 0 bridgehead atoms. The second-order valence-electron chi connectivity index (χ2n) is 3.33. The van der Waals surface area contributed by atoms with E-state index in [1.807, 2.05) is 24.3 Å². The first-order chi connectivity index (χ1) is 6.29. The topological polar surface area (TPSA) is 53.0 Å². The highest BCUT2D eigenvalue weighted by molar-refractivity contribution is 5.53. The Labute approximate surface area is 77.4 Å². The third kappa shape index (κ3) is 1.49. The van der Waals surface area contributed by atoms with Crippen molar-refractivity contribution >= 4 is 5.69 Å². The summed E-state index contributed by atoms with van der Waals surface area (Å²) in [6.07, 6.45) is 0. The minimum atomic E-state index is 0.297. The van der Waals surface area contributed by atoms with Gasteiger partial charge in [-0.05, 0) is 18.2 Å². The van der Waals surface area contributed by atoms with E-state index in [0.29, 0.717) is 11.6 Å². The number of hydrogen-bond acceptors (Lipinski definition) is 3. The second kappa shape index (κ2) is 3.08. The van der Waals surface area contributed by atoms with Crippen LogP contribution < -0.4 is 10.6 Å². The van der Waals surface area contributed by atoms with Crippen LogP contribution in [0, 0.1) is 11.3 Å². The van der Waals surface area contributed by atoms with E-state index in [1.54, 1.807) is 0 Å². The number of hydrogen-bond donors (Lipinski definition) is 1. The number of nitriles is 1. The number of nitrogens with zero attached hydrogens (tertiary/aromatic N) is 2. The van der Waals surface area contributed by atoms with Crippen molar-refractivity contribution in [3.8, 4) is 6.07 Å². The van der Waals surface area contributed by atoms with Gasteiger partial charge in [-0.3, -0.25) is 0 Å². The van der Waals surface area contributed by atoms with Crippen LogP contribution >= 0.6 is 0 Å². The Balaban J connectivity index is 2.18. The fraction of sp³-hybridized carbons (Fsp3) is 0.300. The fourth-order valence-corrected chi connectivity index (χ4v) is 1.50. The summed E-state index contributed by atoms with van der Waals surface area (Å²) in [4.78, 5) is 2.17. The van der Waals surface area contributed by atoms with Gasteiger partial charge in [-0.1, -0.05) is 6.07 Å². The lowest BCUT2D eigenvalue weighted by atomic mass is 10.1. The Bertz CT molecular complexity index is 347. The van der Waals surface area contributed by atoms with Gasteiger partial charge in [0.05, 0.1) is 11.6 Å². The van der Waals surface area contributed by atoms with Gasteiger partial charge in [0.2, 0.25) is 0 Å². The molecule has 0 atom stereocenters. The van der Waals surface area contributed by atoms with Crippen LogP contribution in [0.4, 0.5) is 5.69 Å². The van der Waals surface area contributed by atoms with Crippen molar-refractivity contribution in [2.45, 2.75) is 6.04 Å². The quantitative estimate of drug-likeness (QED) is 0.680. The first kappa shape index (κ1) is 8.09. The van der Waals surface area contributed by atoms with Gasteiger partial charge in [-0.2, -0.15) is 5.26 Å². The Morgan fingerprint density at radius 2 is 2.23 bits per heavy atom. The summed E-state index contributed by atoms with van der Waals surface area (Å²) < 4.78 is 0. The van der Waals surface area contributed by atoms with E-state index in [9.17, 15) is 0 Å². The maximum atomic E-state index is 8.69. The monoisotopic (exact) mass is 173 g/mol. The molecular weight excluding hydrogens is 162 g/mol. The largest absolute Gasteiger partial charge is 0.368 e. The molecule has 0 amide bonds. The number of rotatable bonds is 1. The highest BCUT2D eigenvalue weighted by Crippen LogP contribution is 2.20. The summed E-state index contributed by atoms with van der Waals surface area (Å²) in [5, 5.41) is 8.69. The minimum Gasteiger partial charge on any atom is -0.368 e. The van der Waals surface area contributed by atoms with Gasteiger partial charge in [-0.15, -0.1) is 0 Å². The van der Waals surface area contributed by atoms with Gasteiger partial charge in [0, 0.05) is 24.8 Å². The number of benzene rings is 1. The van der Waals surface area contributed by atoms with Crippen molar-refractivity contribution in [2.75, 3.05) is 18.0 Å². The van der Waals surface area contributed by atoms with E-state index < -0.39 is 0 Å². The maximum absolute atomic E-state index is 8.69. The molecule has 1 saturated heterocycles. The van der Waals surface area contributed by atoms with Crippen LogP contribution in [0.2, 0.25) is 0 Å². The van der Waals surface area contributed by atoms with Crippen molar-refractivity contribution < 1.29 is 0 Å². The van der Waals surface area contributed by atoms with Crippen LogP contribution in [-0.2, 0) is 0 Å². The van der Waals surface area contributed by atoms with Gasteiger partial charge in [0.1, 0.15) is 0 Å². The molecule has 0 radical (unpaired) electrons. The van der Waals surface area contributed by atoms with Crippen LogP contribution in [0.3, 0.4) is 0 Å². The summed E-state index contributed by atoms with van der Waals surface area (Å²) in [6, 6.07) is 10.0. The van der Waals surface area contributed by atoms with E-state index in [2.05, 4.69) is 11.0 Å². The number of anilines is 1. The predicted octanol–water partition coefficient (Wildman–Crippen LogP) is 0.706. The van der Waals surface area contributed by atoms with Crippen LogP contribution in [0.5, 0.6) is 0 Å². The third-order valence-corrected chi connectivity index (χ3v) is 2.25. The zero-order chi connectivity index (χ0) is 9.26. The zero-order valence-electron chi connectivity index (χ0n) is 7.27. The lowest BCUT2D eigenvalue weighted by Crippen LogP contribution is -2.55. The molecule has 2 N–H and O–H groups in total. The molecule has 1 aromatic carbocycles. The normalized spacial score (nSPS) is 16.5. The molecule has 0 unspecified atom stereocenters. The van der Waals surface area contributed by atoms with Gasteiger partial charge >= 0.3 is 0 Å². The SMILES string of the molecule is N#Cc1cccc(N2CC(N)C2)c1. The van der Waals surface area contributed by atoms with Crippen LogP contribution in [0.25, 0.3) is 0 Å². The molecule has 0 saturated carbocycles. The van der Waals surface area contributed by atoms with Crippen molar-refractivity contribution in [1.82, 2.24) is 0 Å². The molecule has 3 heteroatoms. The maximum Gasteiger partial charge on any atom is 0.0992 e. The average Bonchev–Trinajstić information content (AvgIpc) is 2.13. The molecule has 66 valence electrons. The first-order valence-corrected chi connectivity index (χ1v) is 4.30. The molecule has 0 spiro atoms. The molecule has 1 aliphatic rings. The smallest absolute Gasteiger partial charge is 0.0992 e. The van der Waals surface area contributed by atoms with Crippen LogP contribution in [0.1, 0.15) is 5.56 Å². The summed E-state index contributed by atoms with van der Waals surface area (Å²) in [5.41, 5.74) is 7.47. The van der Waals surface area contributed by atoms with Gasteiger partial charge in [0.15, 0.2) is 0 Å². The Kier molecular flexibility index (Phi) is 1.91. The molecular formula is C10H11N3. The van der Waals surface area contributed by atoms with Crippen molar-refractivity contribution in [3.63, 3.8) is 0 Å². The van der Waals surface area contributed by atoms with E-state index in [0.717, 1.165) is 18.8 Å². The molecule has 2 rings (SSSR count). The average molecular weight is 173 g/mol. The molecule has 0 aliphatic carbocycles. The molecule has 1 aromatic rings. The van der Waals surface area contributed by atoms with E-state index >= 15 is 0 Å². The van der Waals surface area contributed by atoms with Crippen LogP contribution in [-0.4, -0.2) is 19.1 Å². The lowest BCUT2D eigenvalue weighted by molar-refractivity contribution is 0.519. The molecule has 1 fully saturated rings. The number of nitrogens with two attached hydrogens (primary N) is 1. The van der Waals surface area contributed by atoms with Crippen molar-refractivity contribution in [2.24, 2.45) is 5.73 Å². The summed E-state index contributed by atoms with van der Waals surface area (Å²) in [6.45, 7) is 1.80. The highest BCUT2D eigenvalue weighted by Gasteiger charge is 2.22. The summed E-state index contributed by atoms with van der Waals surface area (Å²) in [7, 11) is 0.